The van der Waals surface area contributed by atoms with Crippen molar-refractivity contribution >= 4 is 23.5 Å². The first-order valence-electron chi connectivity index (χ1n) is 7.36. The first kappa shape index (κ1) is 15.0. The largest absolute Gasteiger partial charge is 0.481 e. The number of carbonyl (C=O) groups excluding carboxylic acids is 2. The third-order valence-electron chi connectivity index (χ3n) is 3.84. The summed E-state index contributed by atoms with van der Waals surface area (Å²) in [6.07, 6.45) is 1.33. The first-order valence-corrected chi connectivity index (χ1v) is 7.36. The van der Waals surface area contributed by atoms with Crippen molar-refractivity contribution in [1.29, 1.82) is 0 Å². The normalized spacial score (nSPS) is 13.3. The molecule has 0 saturated carbocycles. The Hall–Kier alpha value is -2.95. The van der Waals surface area contributed by atoms with E-state index in [0.29, 0.717) is 29.7 Å². The van der Waals surface area contributed by atoms with Crippen molar-refractivity contribution in [3.05, 3.63) is 65.2 Å². The molecule has 116 valence electrons. The molecule has 1 heterocycles. The van der Waals surface area contributed by atoms with Crippen LogP contribution in [0.15, 0.2) is 48.5 Å². The van der Waals surface area contributed by atoms with Gasteiger partial charge in [-0.1, -0.05) is 24.3 Å². The van der Waals surface area contributed by atoms with Gasteiger partial charge in [0.15, 0.2) is 0 Å². The van der Waals surface area contributed by atoms with E-state index in [1.54, 1.807) is 36.4 Å². The Balaban J connectivity index is 1.77. The van der Waals surface area contributed by atoms with E-state index in [-0.39, 0.29) is 18.2 Å². The number of amides is 2. The number of anilines is 1. The van der Waals surface area contributed by atoms with Crippen LogP contribution in [0.25, 0.3) is 0 Å². The van der Waals surface area contributed by atoms with Gasteiger partial charge >= 0.3 is 5.97 Å². The van der Waals surface area contributed by atoms with Crippen LogP contribution in [0.5, 0.6) is 0 Å². The standard InChI is InChI=1S/C18H15NO4/c20-16(21)7-3-4-12-8-10-13(11-9-12)19-17(22)14-5-1-2-6-15(14)18(19)23/h1-2,5-6,8-11H,3-4,7H2,(H,20,21). The Morgan fingerprint density at radius 1 is 0.913 bits per heavy atom. The quantitative estimate of drug-likeness (QED) is 0.862. The minimum absolute atomic E-state index is 0.125. The van der Waals surface area contributed by atoms with Gasteiger partial charge in [0.2, 0.25) is 0 Å². The summed E-state index contributed by atoms with van der Waals surface area (Å²) in [4.78, 5) is 36.4. The number of imide groups is 1. The molecule has 1 N–H and O–H groups in total. The molecule has 1 aliphatic heterocycles. The van der Waals surface area contributed by atoms with E-state index in [4.69, 9.17) is 5.11 Å². The summed E-state index contributed by atoms with van der Waals surface area (Å²) in [5, 5.41) is 8.64. The topological polar surface area (TPSA) is 74.7 Å². The number of fused-ring (bicyclic) bond motifs is 1. The Kier molecular flexibility index (Phi) is 3.93. The Morgan fingerprint density at radius 3 is 2.00 bits per heavy atom. The average molecular weight is 309 g/mol. The van der Waals surface area contributed by atoms with Gasteiger partial charge in [-0.15, -0.1) is 0 Å². The summed E-state index contributed by atoms with van der Waals surface area (Å²) in [5.41, 5.74) is 2.34. The zero-order valence-electron chi connectivity index (χ0n) is 12.4. The number of carboxylic acids is 1. The van der Waals surface area contributed by atoms with Gasteiger partial charge in [0.05, 0.1) is 16.8 Å². The molecule has 2 amide bonds. The summed E-state index contributed by atoms with van der Waals surface area (Å²) < 4.78 is 0. The third-order valence-corrected chi connectivity index (χ3v) is 3.84. The van der Waals surface area contributed by atoms with Crippen LogP contribution in [0.4, 0.5) is 5.69 Å². The number of nitrogens with zero attached hydrogens (tertiary/aromatic N) is 1. The number of benzene rings is 2. The van der Waals surface area contributed by atoms with E-state index in [1.165, 1.54) is 4.90 Å². The SMILES string of the molecule is O=C(O)CCCc1ccc(N2C(=O)c3ccccc3C2=O)cc1. The van der Waals surface area contributed by atoms with Gasteiger partial charge in [0.25, 0.3) is 11.8 Å². The minimum Gasteiger partial charge on any atom is -0.481 e. The molecule has 0 unspecified atom stereocenters. The Morgan fingerprint density at radius 2 is 1.48 bits per heavy atom. The van der Waals surface area contributed by atoms with Crippen molar-refractivity contribution < 1.29 is 19.5 Å². The van der Waals surface area contributed by atoms with Gasteiger partial charge < -0.3 is 5.11 Å². The van der Waals surface area contributed by atoms with E-state index in [2.05, 4.69) is 0 Å². The number of hydrogen-bond acceptors (Lipinski definition) is 3. The van der Waals surface area contributed by atoms with Crippen molar-refractivity contribution in [1.82, 2.24) is 0 Å². The average Bonchev–Trinajstić information content (AvgIpc) is 2.80. The zero-order chi connectivity index (χ0) is 16.4. The van der Waals surface area contributed by atoms with E-state index >= 15 is 0 Å². The highest BCUT2D eigenvalue weighted by atomic mass is 16.4. The van der Waals surface area contributed by atoms with Crippen LogP contribution in [0.2, 0.25) is 0 Å². The van der Waals surface area contributed by atoms with Gasteiger partial charge in [-0.3, -0.25) is 14.4 Å². The van der Waals surface area contributed by atoms with Gasteiger partial charge in [-0.05, 0) is 42.7 Å². The Bertz CT molecular complexity index is 745. The summed E-state index contributed by atoms with van der Waals surface area (Å²) in [7, 11) is 0. The molecule has 3 rings (SSSR count). The van der Waals surface area contributed by atoms with Crippen LogP contribution in [0.1, 0.15) is 39.1 Å². The van der Waals surface area contributed by atoms with Crippen LogP contribution in [0.3, 0.4) is 0 Å². The number of rotatable bonds is 5. The molecule has 2 aromatic carbocycles. The number of carbonyl (C=O) groups is 3. The lowest BCUT2D eigenvalue weighted by atomic mass is 10.1. The molecule has 0 bridgehead atoms. The molecule has 0 radical (unpaired) electrons. The van der Waals surface area contributed by atoms with Gasteiger partial charge in [0, 0.05) is 6.42 Å². The zero-order valence-corrected chi connectivity index (χ0v) is 12.4. The van der Waals surface area contributed by atoms with Crippen molar-refractivity contribution in [3.63, 3.8) is 0 Å². The summed E-state index contributed by atoms with van der Waals surface area (Å²) in [6.45, 7) is 0. The molecular weight excluding hydrogens is 294 g/mol. The number of aryl methyl sites for hydroxylation is 1. The second-order valence-corrected chi connectivity index (χ2v) is 5.41. The highest BCUT2D eigenvalue weighted by Gasteiger charge is 2.36. The number of aliphatic carboxylic acids is 1. The lowest BCUT2D eigenvalue weighted by molar-refractivity contribution is -0.137. The number of carboxylic acid groups (broad SMARTS) is 1. The van der Waals surface area contributed by atoms with Crippen molar-refractivity contribution in [2.75, 3.05) is 4.90 Å². The molecule has 0 aliphatic carbocycles. The van der Waals surface area contributed by atoms with Crippen LogP contribution >= 0.6 is 0 Å². The van der Waals surface area contributed by atoms with E-state index < -0.39 is 5.97 Å². The van der Waals surface area contributed by atoms with E-state index in [9.17, 15) is 14.4 Å². The van der Waals surface area contributed by atoms with Gasteiger partial charge in [0.1, 0.15) is 0 Å². The van der Waals surface area contributed by atoms with Gasteiger partial charge in [-0.2, -0.15) is 0 Å². The second-order valence-electron chi connectivity index (χ2n) is 5.41. The first-order chi connectivity index (χ1) is 11.1. The smallest absolute Gasteiger partial charge is 0.303 e. The molecule has 0 spiro atoms. The van der Waals surface area contributed by atoms with Crippen LogP contribution < -0.4 is 4.90 Å². The second kappa shape index (κ2) is 6.04. The molecular formula is C18H15NO4. The molecule has 5 heteroatoms. The maximum atomic E-state index is 12.4. The van der Waals surface area contributed by atoms with Crippen molar-refractivity contribution in [2.45, 2.75) is 19.3 Å². The van der Waals surface area contributed by atoms with Gasteiger partial charge in [-0.25, -0.2) is 4.90 Å². The molecule has 5 nitrogen and oxygen atoms in total. The monoisotopic (exact) mass is 309 g/mol. The lowest BCUT2D eigenvalue weighted by Gasteiger charge is -2.14. The third kappa shape index (κ3) is 2.85. The number of hydrogen-bond donors (Lipinski definition) is 1. The molecule has 23 heavy (non-hydrogen) atoms. The summed E-state index contributed by atoms with van der Waals surface area (Å²) in [6, 6.07) is 13.8. The fraction of sp³-hybridized carbons (Fsp3) is 0.167. The minimum atomic E-state index is -0.812. The van der Waals surface area contributed by atoms with E-state index in [1.807, 2.05) is 12.1 Å². The highest BCUT2D eigenvalue weighted by molar-refractivity contribution is 6.34. The molecule has 0 fully saturated rings. The molecule has 0 aromatic heterocycles. The van der Waals surface area contributed by atoms with Crippen LogP contribution in [-0.4, -0.2) is 22.9 Å². The predicted molar refractivity (Wildman–Crippen MR) is 84.6 cm³/mol. The highest BCUT2D eigenvalue weighted by Crippen LogP contribution is 2.28. The molecule has 1 aliphatic rings. The summed E-state index contributed by atoms with van der Waals surface area (Å²) >= 11 is 0. The van der Waals surface area contributed by atoms with Crippen molar-refractivity contribution in [2.24, 2.45) is 0 Å². The van der Waals surface area contributed by atoms with E-state index in [0.717, 1.165) is 5.56 Å². The maximum Gasteiger partial charge on any atom is 0.303 e. The molecule has 0 atom stereocenters. The van der Waals surface area contributed by atoms with Crippen LogP contribution in [-0.2, 0) is 11.2 Å². The Labute approximate surface area is 133 Å². The maximum absolute atomic E-state index is 12.4. The lowest BCUT2D eigenvalue weighted by Crippen LogP contribution is -2.29. The molecule has 2 aromatic rings. The predicted octanol–water partition coefficient (Wildman–Crippen LogP) is 2.89. The fourth-order valence-corrected chi connectivity index (χ4v) is 2.68. The fourth-order valence-electron chi connectivity index (χ4n) is 2.68. The van der Waals surface area contributed by atoms with Crippen LogP contribution in [0, 0.1) is 0 Å². The van der Waals surface area contributed by atoms with Crippen molar-refractivity contribution in [3.8, 4) is 0 Å². The summed E-state index contributed by atoms with van der Waals surface area (Å²) in [5.74, 6) is -1.44. The molecule has 0 saturated heterocycles.